The van der Waals surface area contributed by atoms with Gasteiger partial charge in [0.25, 0.3) is 0 Å². The van der Waals surface area contributed by atoms with Crippen molar-refractivity contribution in [1.29, 1.82) is 0 Å². The van der Waals surface area contributed by atoms with Gasteiger partial charge in [0.1, 0.15) is 0 Å². The van der Waals surface area contributed by atoms with E-state index >= 15 is 0 Å². The number of hydrogen-bond acceptors (Lipinski definition) is 8. The van der Waals surface area contributed by atoms with Gasteiger partial charge in [0.15, 0.2) is 0 Å². The van der Waals surface area contributed by atoms with Crippen molar-refractivity contribution in [2.45, 2.75) is 38.5 Å². The fourth-order valence-corrected chi connectivity index (χ4v) is 14.8. The fraction of sp³-hybridized carbons (Fsp3) is 0.625. The maximum absolute atomic E-state index is 2.12. The highest BCUT2D eigenvalue weighted by Gasteiger charge is 2.31. The van der Waals surface area contributed by atoms with Gasteiger partial charge in [-0.05, 0) is 48.7 Å². The van der Waals surface area contributed by atoms with Crippen LogP contribution in [0.2, 0.25) is 0 Å². The summed E-state index contributed by atoms with van der Waals surface area (Å²) in [7, 11) is 0. The molecule has 0 fully saturated rings. The van der Waals surface area contributed by atoms with Crippen molar-refractivity contribution in [1.82, 2.24) is 0 Å². The molecule has 0 saturated carbocycles. The minimum atomic E-state index is 1.30. The summed E-state index contributed by atoms with van der Waals surface area (Å²) >= 11 is 16.7. The van der Waals surface area contributed by atoms with E-state index in [-0.39, 0.29) is 0 Å². The van der Waals surface area contributed by atoms with Crippen LogP contribution in [0.25, 0.3) is 0 Å². The first-order valence-corrected chi connectivity index (χ1v) is 15.6. The van der Waals surface area contributed by atoms with Gasteiger partial charge in [-0.2, -0.15) is 0 Å². The molecule has 0 radical (unpaired) electrons. The summed E-state index contributed by atoms with van der Waals surface area (Å²) in [6, 6.07) is 0. The summed E-state index contributed by atoms with van der Waals surface area (Å²) in [6.45, 7) is 0. The average molecular weight is 469 g/mol. The van der Waals surface area contributed by atoms with E-state index in [4.69, 9.17) is 0 Å². The first-order valence-electron chi connectivity index (χ1n) is 8.35. The lowest BCUT2D eigenvalue weighted by atomic mass is 10.3. The van der Waals surface area contributed by atoms with Crippen molar-refractivity contribution >= 4 is 94.1 Å². The normalized spacial score (nSPS) is 27.0. The Hall–Kier alpha value is 2.02. The third-order valence-electron chi connectivity index (χ3n) is 3.75. The molecule has 0 saturated heterocycles. The molecule has 132 valence electrons. The molecule has 0 nitrogen and oxygen atoms in total. The highest BCUT2D eigenvalue weighted by Crippen LogP contribution is 2.66. The van der Waals surface area contributed by atoms with Crippen LogP contribution in [0.5, 0.6) is 0 Å². The van der Waals surface area contributed by atoms with Crippen molar-refractivity contribution in [2.24, 2.45) is 0 Å². The van der Waals surface area contributed by atoms with Crippen LogP contribution in [0, 0.1) is 0 Å². The molecule has 6 bridgehead atoms. The summed E-state index contributed by atoms with van der Waals surface area (Å²) in [4.78, 5) is 0. The highest BCUT2D eigenvalue weighted by molar-refractivity contribution is 8.45. The Kier molecular flexibility index (Phi) is 8.05. The molecule has 8 heteroatoms. The second-order valence-electron chi connectivity index (χ2n) is 5.65. The number of fused-ring (bicyclic) bond motifs is 4. The van der Waals surface area contributed by atoms with Gasteiger partial charge in [0.05, 0.1) is 25.4 Å². The van der Waals surface area contributed by atoms with Crippen LogP contribution in [0.3, 0.4) is 0 Å². The van der Waals surface area contributed by atoms with E-state index < -0.39 is 0 Å². The topological polar surface area (TPSA) is 0 Å². The van der Waals surface area contributed by atoms with Crippen LogP contribution >= 0.6 is 94.1 Å². The van der Waals surface area contributed by atoms with E-state index in [1.54, 1.807) is 25.4 Å². The molecule has 0 spiro atoms. The molecule has 0 atom stereocenters. The number of hydrogen-bond donors (Lipinski definition) is 0. The third-order valence-corrected chi connectivity index (χ3v) is 15.7. The molecule has 0 aromatic carbocycles. The van der Waals surface area contributed by atoms with Crippen LogP contribution in [0.4, 0.5) is 0 Å². The summed E-state index contributed by atoms with van der Waals surface area (Å²) in [5, 5.41) is 0. The van der Waals surface area contributed by atoms with E-state index in [9.17, 15) is 0 Å². The molecule has 0 N–H and O–H groups in total. The van der Waals surface area contributed by atoms with Crippen molar-refractivity contribution in [3.05, 3.63) is 25.4 Å². The van der Waals surface area contributed by atoms with Crippen LogP contribution in [-0.2, 0) is 0 Å². The summed E-state index contributed by atoms with van der Waals surface area (Å²) in [5.74, 6) is 5.18. The van der Waals surface area contributed by atoms with Crippen LogP contribution in [0.1, 0.15) is 38.5 Å². The standard InChI is InChI=1S/C16H20S8/c1-3-7-17-11-13-19-9-5-2-6-10-20-14-12(18-8-4-1)22-16(24-14)15(21-11)23-13/h1-10H2. The summed E-state index contributed by atoms with van der Waals surface area (Å²) in [5.41, 5.74) is 0. The zero-order chi connectivity index (χ0) is 16.2. The first kappa shape index (κ1) is 19.3. The minimum Gasteiger partial charge on any atom is -0.117 e. The van der Waals surface area contributed by atoms with Gasteiger partial charge >= 0.3 is 0 Å². The fourth-order valence-electron chi connectivity index (χ4n) is 2.49. The molecule has 0 aliphatic carbocycles. The lowest BCUT2D eigenvalue weighted by molar-refractivity contribution is 0.786. The minimum absolute atomic E-state index is 1.30. The molecule has 0 unspecified atom stereocenters. The van der Waals surface area contributed by atoms with Gasteiger partial charge in [-0.25, -0.2) is 0 Å². The molecular weight excluding hydrogens is 449 g/mol. The van der Waals surface area contributed by atoms with Gasteiger partial charge in [-0.1, -0.05) is 59.9 Å². The van der Waals surface area contributed by atoms with Gasteiger partial charge in [0.2, 0.25) is 0 Å². The van der Waals surface area contributed by atoms with E-state index in [0.717, 1.165) is 0 Å². The van der Waals surface area contributed by atoms with Gasteiger partial charge in [-0.3, -0.25) is 0 Å². The predicted octanol–water partition coefficient (Wildman–Crippen LogP) is 8.63. The predicted molar refractivity (Wildman–Crippen MR) is 129 cm³/mol. The van der Waals surface area contributed by atoms with Gasteiger partial charge < -0.3 is 0 Å². The summed E-state index contributed by atoms with van der Waals surface area (Å²) < 4.78 is 9.51. The molecular formula is C16H20S8. The molecule has 0 aromatic heterocycles. The van der Waals surface area contributed by atoms with E-state index in [1.807, 2.05) is 0 Å². The molecule has 0 amide bonds. The van der Waals surface area contributed by atoms with Crippen LogP contribution in [-0.4, -0.2) is 23.0 Å². The zero-order valence-corrected chi connectivity index (χ0v) is 19.9. The average Bonchev–Trinajstić information content (AvgIpc) is 3.17. The van der Waals surface area contributed by atoms with Crippen LogP contribution < -0.4 is 0 Å². The Bertz CT molecular complexity index is 483. The monoisotopic (exact) mass is 468 g/mol. The number of rotatable bonds is 0. The van der Waals surface area contributed by atoms with E-state index in [1.165, 1.54) is 61.5 Å². The largest absolute Gasteiger partial charge is 0.117 e. The maximum atomic E-state index is 2.12. The number of thioether (sulfide) groups is 8. The Labute approximate surface area is 179 Å². The van der Waals surface area contributed by atoms with E-state index in [0.29, 0.717) is 0 Å². The lowest BCUT2D eigenvalue weighted by Gasteiger charge is -2.08. The second-order valence-corrected chi connectivity index (χ2v) is 15.7. The zero-order valence-electron chi connectivity index (χ0n) is 13.3. The molecule has 4 aliphatic heterocycles. The molecule has 0 aromatic rings. The van der Waals surface area contributed by atoms with Crippen molar-refractivity contribution in [3.8, 4) is 0 Å². The third kappa shape index (κ3) is 5.09. The van der Waals surface area contributed by atoms with Gasteiger partial charge in [0, 0.05) is 0 Å². The Morgan fingerprint density at radius 3 is 0.917 bits per heavy atom. The van der Waals surface area contributed by atoms with Gasteiger partial charge in [-0.15, -0.1) is 47.0 Å². The van der Waals surface area contributed by atoms with Crippen LogP contribution in [0.15, 0.2) is 25.4 Å². The lowest BCUT2D eigenvalue weighted by Crippen LogP contribution is -1.87. The van der Waals surface area contributed by atoms with Crippen molar-refractivity contribution in [3.63, 3.8) is 0 Å². The maximum Gasteiger partial charge on any atom is 0.0717 e. The van der Waals surface area contributed by atoms with E-state index in [2.05, 4.69) is 94.1 Å². The Balaban J connectivity index is 1.63. The molecule has 4 aliphatic rings. The first-order chi connectivity index (χ1) is 11.9. The SMILES string of the molecule is C1CCSC2=C3SCCCCCSC4=C(SCC1)SC(=C(S2)S3)S4. The quantitative estimate of drug-likeness (QED) is 0.342. The van der Waals surface area contributed by atoms with Crippen molar-refractivity contribution < 1.29 is 0 Å². The smallest absolute Gasteiger partial charge is 0.0717 e. The highest BCUT2D eigenvalue weighted by atomic mass is 32.3. The molecule has 4 rings (SSSR count). The molecule has 4 heterocycles. The summed E-state index contributed by atoms with van der Waals surface area (Å²) in [6.07, 6.45) is 8.24. The van der Waals surface area contributed by atoms with Crippen molar-refractivity contribution in [2.75, 3.05) is 23.0 Å². The Morgan fingerprint density at radius 1 is 0.333 bits per heavy atom. The second kappa shape index (κ2) is 9.99. The molecule has 24 heavy (non-hydrogen) atoms. The Morgan fingerprint density at radius 2 is 0.625 bits per heavy atom.